The van der Waals surface area contributed by atoms with Crippen LogP contribution in [0.3, 0.4) is 0 Å². The smallest absolute Gasteiger partial charge is 0.302 e. The number of benzene rings is 1. The summed E-state index contributed by atoms with van der Waals surface area (Å²) in [5.74, 6) is 0.520. The maximum Gasteiger partial charge on any atom is 0.302 e. The molecule has 4 rings (SSSR count). The van der Waals surface area contributed by atoms with E-state index < -0.39 is 0 Å². The van der Waals surface area contributed by atoms with Gasteiger partial charge in [-0.05, 0) is 38.9 Å². The first kappa shape index (κ1) is 17.5. The molecule has 1 unspecified atom stereocenters. The fraction of sp³-hybridized carbons (Fsp3) is 0.381. The van der Waals surface area contributed by atoms with Crippen LogP contribution in [-0.4, -0.2) is 46.0 Å². The fourth-order valence-electron chi connectivity index (χ4n) is 3.75. The van der Waals surface area contributed by atoms with Crippen LogP contribution in [0.4, 0.5) is 5.69 Å². The van der Waals surface area contributed by atoms with Crippen LogP contribution < -0.4 is 4.74 Å². The maximum atomic E-state index is 7.12. The van der Waals surface area contributed by atoms with Crippen molar-refractivity contribution in [1.82, 2.24) is 19.3 Å². The van der Waals surface area contributed by atoms with E-state index >= 15 is 0 Å². The SMILES string of the molecule is [C-]#[N+]c1ccc(-c2nc(OCC3CCCN(C)C3)n3ccnc3c2C)cc1. The second kappa shape index (κ2) is 7.37. The highest BCUT2D eigenvalue weighted by atomic mass is 16.5. The first-order valence-corrected chi connectivity index (χ1v) is 9.28. The Bertz CT molecular complexity index is 986. The molecular formula is C21H23N5O. The molecule has 6 nitrogen and oxygen atoms in total. The summed E-state index contributed by atoms with van der Waals surface area (Å²) < 4.78 is 8.08. The lowest BCUT2D eigenvalue weighted by Crippen LogP contribution is -2.35. The van der Waals surface area contributed by atoms with Crippen LogP contribution >= 0.6 is 0 Å². The Labute approximate surface area is 159 Å². The number of nitrogens with zero attached hydrogens (tertiary/aromatic N) is 5. The van der Waals surface area contributed by atoms with E-state index in [4.69, 9.17) is 16.3 Å². The molecule has 0 saturated carbocycles. The molecule has 2 aromatic heterocycles. The van der Waals surface area contributed by atoms with E-state index in [-0.39, 0.29) is 0 Å². The minimum absolute atomic E-state index is 0.520. The number of rotatable bonds is 4. The fourth-order valence-corrected chi connectivity index (χ4v) is 3.75. The van der Waals surface area contributed by atoms with Crippen molar-refractivity contribution < 1.29 is 4.74 Å². The molecular weight excluding hydrogens is 338 g/mol. The normalized spacial score (nSPS) is 17.7. The zero-order valence-electron chi connectivity index (χ0n) is 15.7. The van der Waals surface area contributed by atoms with Crippen LogP contribution in [0.25, 0.3) is 21.7 Å². The predicted octanol–water partition coefficient (Wildman–Crippen LogP) is 3.98. The van der Waals surface area contributed by atoms with Crippen LogP contribution in [0.15, 0.2) is 36.7 Å². The van der Waals surface area contributed by atoms with Crippen LogP contribution in [0.5, 0.6) is 6.01 Å². The van der Waals surface area contributed by atoms with Gasteiger partial charge in [-0.1, -0.05) is 24.3 Å². The summed E-state index contributed by atoms with van der Waals surface area (Å²) in [6.07, 6.45) is 6.07. The van der Waals surface area contributed by atoms with Crippen LogP contribution in [0, 0.1) is 19.4 Å². The van der Waals surface area contributed by atoms with E-state index in [0.29, 0.717) is 24.2 Å². The minimum atomic E-state index is 0.520. The third-order valence-electron chi connectivity index (χ3n) is 5.18. The van der Waals surface area contributed by atoms with Gasteiger partial charge in [-0.25, -0.2) is 9.83 Å². The Kier molecular flexibility index (Phi) is 4.78. The van der Waals surface area contributed by atoms with Gasteiger partial charge in [0.25, 0.3) is 0 Å². The van der Waals surface area contributed by atoms with Crippen LogP contribution in [-0.2, 0) is 0 Å². The molecule has 0 radical (unpaired) electrons. The molecule has 0 N–H and O–H groups in total. The molecule has 0 amide bonds. The zero-order valence-corrected chi connectivity index (χ0v) is 15.7. The molecule has 3 heterocycles. The van der Waals surface area contributed by atoms with E-state index in [0.717, 1.165) is 35.6 Å². The highest BCUT2D eigenvalue weighted by molar-refractivity contribution is 5.71. The second-order valence-corrected chi connectivity index (χ2v) is 7.23. The van der Waals surface area contributed by atoms with E-state index in [9.17, 15) is 0 Å². The average Bonchev–Trinajstić information content (AvgIpc) is 3.18. The average molecular weight is 361 g/mol. The zero-order chi connectivity index (χ0) is 18.8. The topological polar surface area (TPSA) is 47.0 Å². The summed E-state index contributed by atoms with van der Waals surface area (Å²) in [7, 11) is 2.16. The second-order valence-electron chi connectivity index (χ2n) is 7.23. The molecule has 1 aliphatic heterocycles. The van der Waals surface area contributed by atoms with Gasteiger partial charge in [0.1, 0.15) is 5.65 Å². The van der Waals surface area contributed by atoms with Crippen molar-refractivity contribution in [1.29, 1.82) is 0 Å². The van der Waals surface area contributed by atoms with Gasteiger partial charge in [0.15, 0.2) is 5.69 Å². The van der Waals surface area contributed by atoms with Crippen molar-refractivity contribution in [3.05, 3.63) is 53.6 Å². The van der Waals surface area contributed by atoms with E-state index in [2.05, 4.69) is 21.8 Å². The third-order valence-corrected chi connectivity index (χ3v) is 5.18. The van der Waals surface area contributed by atoms with Crippen molar-refractivity contribution in [3.8, 4) is 17.3 Å². The maximum absolute atomic E-state index is 7.12. The molecule has 1 fully saturated rings. The number of hydrogen-bond donors (Lipinski definition) is 0. The number of aryl methyl sites for hydroxylation is 1. The van der Waals surface area contributed by atoms with Crippen LogP contribution in [0.1, 0.15) is 18.4 Å². The van der Waals surface area contributed by atoms with Gasteiger partial charge >= 0.3 is 6.01 Å². The lowest BCUT2D eigenvalue weighted by molar-refractivity contribution is 0.143. The van der Waals surface area contributed by atoms with Crippen molar-refractivity contribution in [3.63, 3.8) is 0 Å². The van der Waals surface area contributed by atoms with E-state index in [1.54, 1.807) is 6.20 Å². The van der Waals surface area contributed by atoms with E-state index in [1.165, 1.54) is 12.8 Å². The number of piperidine rings is 1. The summed E-state index contributed by atoms with van der Waals surface area (Å²) in [5.41, 5.74) is 4.29. The molecule has 0 spiro atoms. The molecule has 1 aliphatic rings. The monoisotopic (exact) mass is 361 g/mol. The van der Waals surface area contributed by atoms with Gasteiger partial charge in [-0.15, -0.1) is 0 Å². The molecule has 1 aromatic carbocycles. The third kappa shape index (κ3) is 3.51. The molecule has 1 atom stereocenters. The predicted molar refractivity (Wildman–Crippen MR) is 105 cm³/mol. The quantitative estimate of drug-likeness (QED) is 0.660. The molecule has 0 aliphatic carbocycles. The minimum Gasteiger partial charge on any atom is -0.464 e. The molecule has 1 saturated heterocycles. The Balaban J connectivity index is 1.66. The lowest BCUT2D eigenvalue weighted by Gasteiger charge is -2.29. The number of fused-ring (bicyclic) bond motifs is 1. The summed E-state index contributed by atoms with van der Waals surface area (Å²) >= 11 is 0. The number of likely N-dealkylation sites (tertiary alicyclic amines) is 1. The number of imidazole rings is 1. The molecule has 0 bridgehead atoms. The van der Waals surface area contributed by atoms with Crippen LogP contribution in [0.2, 0.25) is 0 Å². The highest BCUT2D eigenvalue weighted by Gasteiger charge is 2.20. The summed E-state index contributed by atoms with van der Waals surface area (Å²) in [5, 5.41) is 0. The van der Waals surface area contributed by atoms with Crippen molar-refractivity contribution in [2.45, 2.75) is 19.8 Å². The first-order chi connectivity index (χ1) is 13.2. The molecule has 6 heteroatoms. The van der Waals surface area contributed by atoms with Gasteiger partial charge in [0.05, 0.1) is 18.9 Å². The number of hydrogen-bond acceptors (Lipinski definition) is 4. The summed E-state index contributed by atoms with van der Waals surface area (Å²) in [4.78, 5) is 15.1. The Morgan fingerprint density at radius 1 is 1.30 bits per heavy atom. The Morgan fingerprint density at radius 3 is 2.85 bits per heavy atom. The van der Waals surface area contributed by atoms with Gasteiger partial charge in [0.2, 0.25) is 0 Å². The van der Waals surface area contributed by atoms with Gasteiger partial charge in [0, 0.05) is 30.4 Å². The molecule has 27 heavy (non-hydrogen) atoms. The van der Waals surface area contributed by atoms with Gasteiger partial charge in [-0.2, -0.15) is 4.98 Å². The summed E-state index contributed by atoms with van der Waals surface area (Å²) in [6.45, 7) is 12.0. The van der Waals surface area contributed by atoms with Crippen molar-refractivity contribution in [2.75, 3.05) is 26.7 Å². The Morgan fingerprint density at radius 2 is 2.11 bits per heavy atom. The number of ether oxygens (including phenoxy) is 1. The first-order valence-electron chi connectivity index (χ1n) is 9.28. The lowest BCUT2D eigenvalue weighted by atomic mass is 10.00. The standard InChI is InChI=1S/C21H23N5O/c1-15-19(17-6-8-18(22-2)9-7-17)24-21(26-12-10-23-20(15)26)27-14-16-5-4-11-25(3)13-16/h6-10,12,16H,4-5,11,13-14H2,1,3H3. The largest absolute Gasteiger partial charge is 0.464 e. The van der Waals surface area contributed by atoms with Crippen molar-refractivity contribution >= 4 is 11.3 Å². The highest BCUT2D eigenvalue weighted by Crippen LogP contribution is 2.29. The molecule has 138 valence electrons. The Hall–Kier alpha value is -2.91. The van der Waals surface area contributed by atoms with Crippen molar-refractivity contribution in [2.24, 2.45) is 5.92 Å². The van der Waals surface area contributed by atoms with Gasteiger partial charge < -0.3 is 9.64 Å². The summed E-state index contributed by atoms with van der Waals surface area (Å²) in [6, 6.07) is 8.07. The molecule has 3 aromatic rings. The number of aromatic nitrogens is 3. The van der Waals surface area contributed by atoms with E-state index in [1.807, 2.05) is 41.8 Å². The van der Waals surface area contributed by atoms with Gasteiger partial charge in [-0.3, -0.25) is 4.40 Å².